The average Bonchev–Trinajstić information content (AvgIpc) is 2.58. The second-order valence-corrected chi connectivity index (χ2v) is 7.20. The molecule has 130 valence electrons. The summed E-state index contributed by atoms with van der Waals surface area (Å²) in [6.45, 7) is 1.59. The van der Waals surface area contributed by atoms with E-state index in [9.17, 15) is 14.0 Å². The first-order valence-electron chi connectivity index (χ1n) is 7.70. The molecule has 1 aliphatic rings. The number of aliphatic hydroxyl groups excluding tert-OH is 1. The van der Waals surface area contributed by atoms with Gasteiger partial charge in [0.2, 0.25) is 11.8 Å². The molecule has 3 N–H and O–H groups in total. The van der Waals surface area contributed by atoms with E-state index in [1.807, 2.05) is 0 Å². The quantitative estimate of drug-likeness (QED) is 0.877. The Bertz CT molecular complexity index is 856. The molecule has 5 nitrogen and oxygen atoms in total. The smallest absolute Gasteiger partial charge is 0.248 e. The van der Waals surface area contributed by atoms with Gasteiger partial charge in [0.05, 0.1) is 24.1 Å². The van der Waals surface area contributed by atoms with Crippen LogP contribution in [0.15, 0.2) is 41.3 Å². The van der Waals surface area contributed by atoms with Gasteiger partial charge in [0.25, 0.3) is 0 Å². The highest BCUT2D eigenvalue weighted by atomic mass is 32.2. The molecular formula is C18H17FN2O3S. The van der Waals surface area contributed by atoms with Crippen LogP contribution in [0.25, 0.3) is 0 Å². The summed E-state index contributed by atoms with van der Waals surface area (Å²) in [6, 6.07) is 9.47. The molecule has 0 spiro atoms. The third-order valence-electron chi connectivity index (χ3n) is 4.08. The van der Waals surface area contributed by atoms with Crippen LogP contribution < -0.4 is 10.6 Å². The maximum absolute atomic E-state index is 13.9. The Morgan fingerprint density at radius 3 is 2.72 bits per heavy atom. The number of benzene rings is 2. The number of halogens is 1. The Labute approximate surface area is 148 Å². The molecule has 0 aromatic heterocycles. The van der Waals surface area contributed by atoms with Gasteiger partial charge in [-0.05, 0) is 36.8 Å². The number of amides is 2. The molecule has 0 saturated heterocycles. The van der Waals surface area contributed by atoms with Crippen LogP contribution in [0.4, 0.5) is 10.1 Å². The first-order valence-corrected chi connectivity index (χ1v) is 8.58. The van der Waals surface area contributed by atoms with Gasteiger partial charge >= 0.3 is 0 Å². The molecule has 0 bridgehead atoms. The predicted molar refractivity (Wildman–Crippen MR) is 93.8 cm³/mol. The monoisotopic (exact) mass is 360 g/mol. The number of fused-ring (bicyclic) bond motifs is 1. The minimum absolute atomic E-state index is 0.120. The van der Waals surface area contributed by atoms with Crippen molar-refractivity contribution in [1.29, 1.82) is 0 Å². The normalized spacial score (nSPS) is 16.7. The van der Waals surface area contributed by atoms with E-state index in [-0.39, 0.29) is 29.9 Å². The molecule has 3 rings (SSSR count). The Morgan fingerprint density at radius 2 is 2.08 bits per heavy atom. The van der Waals surface area contributed by atoms with E-state index in [0.29, 0.717) is 16.8 Å². The van der Waals surface area contributed by atoms with Crippen molar-refractivity contribution in [1.82, 2.24) is 0 Å². The summed E-state index contributed by atoms with van der Waals surface area (Å²) in [5.74, 6) is -1.21. The summed E-state index contributed by atoms with van der Waals surface area (Å²) in [4.78, 5) is 26.5. The lowest BCUT2D eigenvalue weighted by molar-refractivity contribution is -0.118. The molecule has 2 aromatic rings. The van der Waals surface area contributed by atoms with E-state index in [1.165, 1.54) is 28.8 Å². The van der Waals surface area contributed by atoms with Crippen LogP contribution in [0.3, 0.4) is 0 Å². The summed E-state index contributed by atoms with van der Waals surface area (Å²) in [7, 11) is 0. The van der Waals surface area contributed by atoms with Gasteiger partial charge in [-0.15, -0.1) is 11.8 Å². The van der Waals surface area contributed by atoms with Crippen molar-refractivity contribution in [2.24, 2.45) is 5.73 Å². The topological polar surface area (TPSA) is 83.6 Å². The van der Waals surface area contributed by atoms with Gasteiger partial charge in [0, 0.05) is 16.0 Å². The van der Waals surface area contributed by atoms with Crippen molar-refractivity contribution in [2.45, 2.75) is 30.2 Å². The fourth-order valence-electron chi connectivity index (χ4n) is 2.72. The highest BCUT2D eigenvalue weighted by Crippen LogP contribution is 2.40. The first-order chi connectivity index (χ1) is 11.9. The lowest BCUT2D eigenvalue weighted by Crippen LogP contribution is -2.39. The number of thioether (sulfide) groups is 1. The van der Waals surface area contributed by atoms with Crippen LogP contribution in [0.5, 0.6) is 0 Å². The number of aliphatic hydroxyl groups is 1. The number of anilines is 1. The largest absolute Gasteiger partial charge is 0.392 e. The number of carbonyl (C=O) groups excluding carboxylic acids is 2. The van der Waals surface area contributed by atoms with Crippen LogP contribution in [0.1, 0.15) is 28.4 Å². The van der Waals surface area contributed by atoms with Crippen molar-refractivity contribution in [3.63, 3.8) is 0 Å². The zero-order chi connectivity index (χ0) is 18.1. The van der Waals surface area contributed by atoms with E-state index in [0.717, 1.165) is 4.90 Å². The summed E-state index contributed by atoms with van der Waals surface area (Å²) in [6.07, 6.45) is 0. The van der Waals surface area contributed by atoms with E-state index in [4.69, 9.17) is 10.8 Å². The van der Waals surface area contributed by atoms with E-state index in [2.05, 4.69) is 0 Å². The lowest BCUT2D eigenvalue weighted by Gasteiger charge is -2.32. The van der Waals surface area contributed by atoms with Gasteiger partial charge < -0.3 is 15.7 Å². The van der Waals surface area contributed by atoms with Gasteiger partial charge in [-0.25, -0.2) is 4.39 Å². The maximum Gasteiger partial charge on any atom is 0.248 e. The molecule has 2 amide bonds. The summed E-state index contributed by atoms with van der Waals surface area (Å²) >= 11 is 1.41. The number of primary amides is 1. The van der Waals surface area contributed by atoms with E-state index >= 15 is 0 Å². The summed E-state index contributed by atoms with van der Waals surface area (Å²) in [5, 5.41) is 8.79. The minimum Gasteiger partial charge on any atom is -0.392 e. The van der Waals surface area contributed by atoms with Crippen LogP contribution in [0, 0.1) is 5.82 Å². The Hall–Kier alpha value is -2.38. The minimum atomic E-state index is -0.572. The zero-order valence-electron chi connectivity index (χ0n) is 13.5. The second kappa shape index (κ2) is 6.85. The first kappa shape index (κ1) is 17.4. The predicted octanol–water partition coefficient (Wildman–Crippen LogP) is 2.44. The van der Waals surface area contributed by atoms with Crippen molar-refractivity contribution in [3.8, 4) is 0 Å². The molecule has 1 aliphatic heterocycles. The Balaban J connectivity index is 2.00. The SMILES string of the molecule is CC1Sc2ccc(C(N)=O)cc2N(Cc2ccc(CO)c(F)c2)C1=O. The highest BCUT2D eigenvalue weighted by molar-refractivity contribution is 8.00. The van der Waals surface area contributed by atoms with Crippen LogP contribution in [-0.2, 0) is 17.9 Å². The maximum atomic E-state index is 13.9. The van der Waals surface area contributed by atoms with Crippen LogP contribution in [-0.4, -0.2) is 22.2 Å². The number of hydrogen-bond donors (Lipinski definition) is 2. The molecule has 0 aliphatic carbocycles. The number of nitrogens with zero attached hydrogens (tertiary/aromatic N) is 1. The molecule has 25 heavy (non-hydrogen) atoms. The second-order valence-electron chi connectivity index (χ2n) is 5.82. The fraction of sp³-hybridized carbons (Fsp3) is 0.222. The van der Waals surface area contributed by atoms with Gasteiger partial charge in [-0.1, -0.05) is 12.1 Å². The third kappa shape index (κ3) is 3.38. The standard InChI is InChI=1S/C18H17FN2O3S/c1-10-18(24)21(8-11-2-3-13(9-22)14(19)6-11)15-7-12(17(20)23)4-5-16(15)25-10/h2-7,10,22H,8-9H2,1H3,(H2,20,23). The molecule has 1 atom stereocenters. The summed E-state index contributed by atoms with van der Waals surface area (Å²) in [5.41, 5.74) is 7.04. The average molecular weight is 360 g/mol. The van der Waals surface area contributed by atoms with Gasteiger partial charge in [0.1, 0.15) is 5.82 Å². The number of rotatable bonds is 4. The lowest BCUT2D eigenvalue weighted by atomic mass is 10.1. The van der Waals surface area contributed by atoms with Gasteiger partial charge in [-0.2, -0.15) is 0 Å². The van der Waals surface area contributed by atoms with Crippen molar-refractivity contribution >= 4 is 29.3 Å². The van der Waals surface area contributed by atoms with Crippen molar-refractivity contribution in [2.75, 3.05) is 4.90 Å². The number of hydrogen-bond acceptors (Lipinski definition) is 4. The third-order valence-corrected chi connectivity index (χ3v) is 5.23. The number of nitrogens with two attached hydrogens (primary N) is 1. The van der Waals surface area contributed by atoms with Crippen molar-refractivity contribution in [3.05, 3.63) is 58.9 Å². The fourth-order valence-corrected chi connectivity index (χ4v) is 3.77. The van der Waals surface area contributed by atoms with Gasteiger partial charge in [0.15, 0.2) is 0 Å². The molecule has 1 heterocycles. The molecule has 7 heteroatoms. The van der Waals surface area contributed by atoms with Crippen LogP contribution in [0.2, 0.25) is 0 Å². The Morgan fingerprint density at radius 1 is 1.32 bits per heavy atom. The van der Waals surface area contributed by atoms with E-state index in [1.54, 1.807) is 31.2 Å². The van der Waals surface area contributed by atoms with Gasteiger partial charge in [-0.3, -0.25) is 9.59 Å². The molecule has 2 aromatic carbocycles. The molecular weight excluding hydrogens is 343 g/mol. The zero-order valence-corrected chi connectivity index (χ0v) is 14.3. The molecule has 0 fully saturated rings. The Kier molecular flexibility index (Phi) is 4.78. The molecule has 0 radical (unpaired) electrons. The van der Waals surface area contributed by atoms with Crippen molar-refractivity contribution < 1.29 is 19.1 Å². The molecule has 1 unspecified atom stereocenters. The number of carbonyl (C=O) groups is 2. The highest BCUT2D eigenvalue weighted by Gasteiger charge is 2.31. The summed E-state index contributed by atoms with van der Waals surface area (Å²) < 4.78 is 13.9. The molecule has 0 saturated carbocycles. The van der Waals surface area contributed by atoms with Crippen LogP contribution >= 0.6 is 11.8 Å². The van der Waals surface area contributed by atoms with E-state index < -0.39 is 11.7 Å².